The summed E-state index contributed by atoms with van der Waals surface area (Å²) in [6.07, 6.45) is 0. The largest absolute Gasteiger partial charge is 0.508 e. The van der Waals surface area contributed by atoms with Gasteiger partial charge in [0.25, 0.3) is 0 Å². The molecule has 0 saturated carbocycles. The Balaban J connectivity index is 2.35. The number of fused-ring (bicyclic) bond motifs is 1. The van der Waals surface area contributed by atoms with Gasteiger partial charge in [0.1, 0.15) is 16.8 Å². The summed E-state index contributed by atoms with van der Waals surface area (Å²) in [5.74, 6) is 0.306. The molecule has 132 valence electrons. The van der Waals surface area contributed by atoms with Crippen LogP contribution in [0.2, 0.25) is 5.02 Å². The van der Waals surface area contributed by atoms with Crippen molar-refractivity contribution in [2.45, 2.75) is 52.4 Å². The molecule has 1 N–H and O–H groups in total. The lowest BCUT2D eigenvalue weighted by molar-refractivity contribution is 0.434. The summed E-state index contributed by atoms with van der Waals surface area (Å²) >= 11 is 6.07. The molecule has 0 bridgehead atoms. The number of aromatic hydroxyl groups is 1. The summed E-state index contributed by atoms with van der Waals surface area (Å²) in [5, 5.41) is 20.4. The summed E-state index contributed by atoms with van der Waals surface area (Å²) in [6.45, 7) is 12.7. The highest BCUT2D eigenvalue weighted by molar-refractivity contribution is 6.31. The van der Waals surface area contributed by atoms with E-state index in [2.05, 4.69) is 51.7 Å². The smallest absolute Gasteiger partial charge is 0.119 e. The quantitative estimate of drug-likeness (QED) is 0.636. The third-order valence-electron chi connectivity index (χ3n) is 4.22. The average Bonchev–Trinajstić information content (AvgIpc) is 2.87. The standard InChI is InChI=1S/C20H24ClN3O/c1-19(2,3)17-15(9-10-16(25)18(17)20(4,5)6)24-22-13-8-7-12(21)11-14(13)23-24/h7-11,25H,1-6H3. The van der Waals surface area contributed by atoms with Crippen LogP contribution in [0.1, 0.15) is 52.7 Å². The fraction of sp³-hybridized carbons (Fsp3) is 0.400. The van der Waals surface area contributed by atoms with E-state index in [0.717, 1.165) is 27.8 Å². The highest BCUT2D eigenvalue weighted by atomic mass is 35.5. The predicted octanol–water partition coefficient (Wildman–Crippen LogP) is 5.37. The van der Waals surface area contributed by atoms with Crippen LogP contribution in [-0.2, 0) is 10.8 Å². The van der Waals surface area contributed by atoms with Crippen LogP contribution in [-0.4, -0.2) is 20.1 Å². The second-order valence-electron chi connectivity index (χ2n) is 8.48. The number of halogens is 1. The SMILES string of the molecule is CC(C)(C)c1c(O)ccc(-n2nc3ccc(Cl)cc3n2)c1C(C)(C)C. The Morgan fingerprint density at radius 1 is 0.840 bits per heavy atom. The fourth-order valence-electron chi connectivity index (χ4n) is 3.26. The Bertz CT molecular complexity index is 946. The minimum absolute atomic E-state index is 0.186. The molecule has 3 rings (SSSR count). The first-order valence-corrected chi connectivity index (χ1v) is 8.76. The number of nitrogens with zero attached hydrogens (tertiary/aromatic N) is 3. The predicted molar refractivity (Wildman–Crippen MR) is 103 cm³/mol. The molecule has 0 atom stereocenters. The van der Waals surface area contributed by atoms with E-state index in [4.69, 9.17) is 11.6 Å². The molecule has 1 heterocycles. The van der Waals surface area contributed by atoms with Crippen molar-refractivity contribution < 1.29 is 5.11 Å². The van der Waals surface area contributed by atoms with E-state index in [1.807, 2.05) is 24.3 Å². The van der Waals surface area contributed by atoms with Gasteiger partial charge in [0.2, 0.25) is 0 Å². The third-order valence-corrected chi connectivity index (χ3v) is 4.45. The second-order valence-corrected chi connectivity index (χ2v) is 8.91. The van der Waals surface area contributed by atoms with Crippen molar-refractivity contribution in [3.63, 3.8) is 0 Å². The zero-order chi connectivity index (χ0) is 18.6. The van der Waals surface area contributed by atoms with E-state index in [1.54, 1.807) is 10.9 Å². The molecule has 25 heavy (non-hydrogen) atoms. The minimum Gasteiger partial charge on any atom is -0.508 e. The Morgan fingerprint density at radius 3 is 2.04 bits per heavy atom. The number of hydrogen-bond acceptors (Lipinski definition) is 3. The van der Waals surface area contributed by atoms with Gasteiger partial charge in [-0.1, -0.05) is 53.1 Å². The Labute approximate surface area is 153 Å². The van der Waals surface area contributed by atoms with Crippen LogP contribution in [0, 0.1) is 0 Å². The molecule has 0 spiro atoms. The lowest BCUT2D eigenvalue weighted by atomic mass is 9.74. The Morgan fingerprint density at radius 2 is 1.44 bits per heavy atom. The number of phenols is 1. The summed E-state index contributed by atoms with van der Waals surface area (Å²) < 4.78 is 0. The number of phenolic OH excluding ortho intramolecular Hbond substituents is 1. The van der Waals surface area contributed by atoms with E-state index in [-0.39, 0.29) is 10.8 Å². The van der Waals surface area contributed by atoms with Crippen LogP contribution in [0.5, 0.6) is 5.75 Å². The summed E-state index contributed by atoms with van der Waals surface area (Å²) in [7, 11) is 0. The van der Waals surface area contributed by atoms with Gasteiger partial charge in [-0.25, -0.2) is 0 Å². The summed E-state index contributed by atoms with van der Waals surface area (Å²) in [6, 6.07) is 9.09. The van der Waals surface area contributed by atoms with Crippen molar-refractivity contribution in [1.82, 2.24) is 15.0 Å². The van der Waals surface area contributed by atoms with Gasteiger partial charge in [0.05, 0.1) is 5.69 Å². The Hall–Kier alpha value is -2.07. The lowest BCUT2D eigenvalue weighted by Gasteiger charge is -2.32. The summed E-state index contributed by atoms with van der Waals surface area (Å²) in [5.41, 5.74) is 3.99. The van der Waals surface area contributed by atoms with Crippen molar-refractivity contribution in [1.29, 1.82) is 0 Å². The van der Waals surface area contributed by atoms with Crippen molar-refractivity contribution in [3.8, 4) is 11.4 Å². The van der Waals surface area contributed by atoms with Crippen molar-refractivity contribution in [3.05, 3.63) is 46.5 Å². The molecule has 0 fully saturated rings. The number of benzene rings is 2. The molecule has 2 aromatic carbocycles. The lowest BCUT2D eigenvalue weighted by Crippen LogP contribution is -2.25. The van der Waals surface area contributed by atoms with Crippen LogP contribution < -0.4 is 0 Å². The van der Waals surface area contributed by atoms with E-state index in [0.29, 0.717) is 10.8 Å². The topological polar surface area (TPSA) is 50.9 Å². The highest BCUT2D eigenvalue weighted by Crippen LogP contribution is 2.42. The van der Waals surface area contributed by atoms with Gasteiger partial charge in [-0.2, -0.15) is 4.80 Å². The minimum atomic E-state index is -0.210. The van der Waals surface area contributed by atoms with Crippen LogP contribution in [0.4, 0.5) is 0 Å². The molecule has 0 aliphatic rings. The van der Waals surface area contributed by atoms with E-state index >= 15 is 0 Å². The maximum atomic E-state index is 10.6. The first-order chi connectivity index (χ1) is 11.5. The average molecular weight is 358 g/mol. The van der Waals surface area contributed by atoms with Crippen LogP contribution in [0.15, 0.2) is 30.3 Å². The number of aromatic nitrogens is 3. The van der Waals surface area contributed by atoms with Gasteiger partial charge >= 0.3 is 0 Å². The molecule has 0 radical (unpaired) electrons. The molecule has 3 aromatic rings. The first-order valence-electron chi connectivity index (χ1n) is 8.38. The zero-order valence-electron chi connectivity index (χ0n) is 15.6. The Kier molecular flexibility index (Phi) is 4.07. The fourth-order valence-corrected chi connectivity index (χ4v) is 3.43. The molecule has 4 nitrogen and oxygen atoms in total. The van der Waals surface area contributed by atoms with Gasteiger partial charge in [-0.3, -0.25) is 0 Å². The van der Waals surface area contributed by atoms with Gasteiger partial charge in [0.15, 0.2) is 0 Å². The molecular formula is C20H24ClN3O. The maximum absolute atomic E-state index is 10.6. The molecule has 0 amide bonds. The highest BCUT2D eigenvalue weighted by Gasteiger charge is 2.31. The second kappa shape index (κ2) is 5.73. The molecular weight excluding hydrogens is 334 g/mol. The maximum Gasteiger partial charge on any atom is 0.119 e. The molecule has 0 aliphatic heterocycles. The van der Waals surface area contributed by atoms with Gasteiger partial charge < -0.3 is 5.11 Å². The molecule has 0 aliphatic carbocycles. The number of hydrogen-bond donors (Lipinski definition) is 1. The van der Waals surface area contributed by atoms with Gasteiger partial charge in [0, 0.05) is 10.6 Å². The number of rotatable bonds is 1. The zero-order valence-corrected chi connectivity index (χ0v) is 16.3. The molecule has 5 heteroatoms. The van der Waals surface area contributed by atoms with E-state index < -0.39 is 0 Å². The van der Waals surface area contributed by atoms with Crippen molar-refractivity contribution in [2.24, 2.45) is 0 Å². The normalized spacial score (nSPS) is 12.8. The van der Waals surface area contributed by atoms with Gasteiger partial charge in [-0.15, -0.1) is 10.2 Å². The van der Waals surface area contributed by atoms with E-state index in [1.165, 1.54) is 0 Å². The third kappa shape index (κ3) is 3.23. The van der Waals surface area contributed by atoms with Crippen LogP contribution >= 0.6 is 11.6 Å². The van der Waals surface area contributed by atoms with E-state index in [9.17, 15) is 5.11 Å². The molecule has 0 unspecified atom stereocenters. The molecule has 1 aromatic heterocycles. The van der Waals surface area contributed by atoms with Crippen LogP contribution in [0.25, 0.3) is 16.7 Å². The van der Waals surface area contributed by atoms with Crippen molar-refractivity contribution >= 4 is 22.6 Å². The molecule has 0 saturated heterocycles. The summed E-state index contributed by atoms with van der Waals surface area (Å²) in [4.78, 5) is 1.65. The first kappa shape index (κ1) is 17.7. The monoisotopic (exact) mass is 357 g/mol. The van der Waals surface area contributed by atoms with Crippen molar-refractivity contribution in [2.75, 3.05) is 0 Å². The van der Waals surface area contributed by atoms with Crippen LogP contribution in [0.3, 0.4) is 0 Å². The van der Waals surface area contributed by atoms with Gasteiger partial charge in [-0.05, 0) is 46.7 Å².